The Hall–Kier alpha value is -4.48. The molecule has 5 aromatic rings. The number of nitrogens with zero attached hydrogens (tertiary/aromatic N) is 2. The summed E-state index contributed by atoms with van der Waals surface area (Å²) in [6.45, 7) is 0.276. The smallest absolute Gasteiger partial charge is 0.266 e. The maximum atomic E-state index is 14.7. The fourth-order valence-electron chi connectivity index (χ4n) is 3.80. The van der Waals surface area contributed by atoms with Crippen LogP contribution >= 0.6 is 11.3 Å². The number of aromatic nitrogens is 3. The van der Waals surface area contributed by atoms with Crippen LogP contribution < -0.4 is 21.5 Å². The van der Waals surface area contributed by atoms with E-state index in [9.17, 15) is 18.4 Å². The fourth-order valence-corrected chi connectivity index (χ4v) is 4.76. The van der Waals surface area contributed by atoms with Crippen molar-refractivity contribution in [2.24, 2.45) is 0 Å². The van der Waals surface area contributed by atoms with Crippen LogP contribution in [0, 0.1) is 5.82 Å². The van der Waals surface area contributed by atoms with E-state index in [1.165, 1.54) is 35.6 Å². The highest BCUT2D eigenvalue weighted by Gasteiger charge is 2.16. The SMILES string of the molecule is O=C(Nc1cc(-c2n[nH]c(=O)cc2Nc2ccc(CNCCF)cn2)ccc1F)c1cc2ccccc2s1. The van der Waals surface area contributed by atoms with Gasteiger partial charge in [0.15, 0.2) is 0 Å². The number of carbonyl (C=O) groups is 1. The number of amides is 1. The van der Waals surface area contributed by atoms with E-state index in [0.29, 0.717) is 34.2 Å². The number of H-pyrrole nitrogens is 1. The summed E-state index contributed by atoms with van der Waals surface area (Å²) in [4.78, 5) is 29.7. The molecule has 0 spiro atoms. The van der Waals surface area contributed by atoms with E-state index in [1.807, 2.05) is 30.3 Å². The van der Waals surface area contributed by atoms with E-state index in [0.717, 1.165) is 15.6 Å². The average Bonchev–Trinajstić information content (AvgIpc) is 3.36. The second-order valence-electron chi connectivity index (χ2n) is 8.33. The van der Waals surface area contributed by atoms with Crippen LogP contribution in [0.3, 0.4) is 0 Å². The number of alkyl halides is 1. The lowest BCUT2D eigenvalue weighted by atomic mass is 10.1. The first kappa shape index (κ1) is 25.2. The number of halogens is 2. The summed E-state index contributed by atoms with van der Waals surface area (Å²) in [6, 6.07) is 18.4. The van der Waals surface area contributed by atoms with Crippen LogP contribution in [0.2, 0.25) is 0 Å². The number of rotatable bonds is 9. The second-order valence-corrected chi connectivity index (χ2v) is 9.42. The molecule has 0 bridgehead atoms. The molecule has 0 saturated carbocycles. The first-order chi connectivity index (χ1) is 18.5. The molecule has 11 heteroatoms. The zero-order chi connectivity index (χ0) is 26.5. The van der Waals surface area contributed by atoms with Crippen molar-refractivity contribution in [3.05, 3.63) is 99.5 Å². The number of aromatic amines is 1. The van der Waals surface area contributed by atoms with Gasteiger partial charge in [0.05, 0.1) is 16.3 Å². The van der Waals surface area contributed by atoms with Gasteiger partial charge in [-0.1, -0.05) is 24.3 Å². The monoisotopic (exact) mass is 532 g/mol. The third-order valence-electron chi connectivity index (χ3n) is 5.63. The van der Waals surface area contributed by atoms with Gasteiger partial charge in [0.2, 0.25) is 0 Å². The minimum absolute atomic E-state index is 0.0211. The number of pyridine rings is 1. The molecule has 192 valence electrons. The molecule has 0 unspecified atom stereocenters. The van der Waals surface area contributed by atoms with Gasteiger partial charge in [-0.25, -0.2) is 18.9 Å². The number of hydrogen-bond acceptors (Lipinski definition) is 7. The third kappa shape index (κ3) is 5.74. The van der Waals surface area contributed by atoms with E-state index < -0.39 is 24.0 Å². The molecule has 5 rings (SSSR count). The minimum Gasteiger partial charge on any atom is -0.338 e. The van der Waals surface area contributed by atoms with Crippen LogP contribution in [0.5, 0.6) is 0 Å². The van der Waals surface area contributed by atoms with Crippen molar-refractivity contribution in [1.82, 2.24) is 20.5 Å². The number of benzene rings is 2. The first-order valence-corrected chi connectivity index (χ1v) is 12.5. The summed E-state index contributed by atoms with van der Waals surface area (Å²) >= 11 is 1.32. The Bertz CT molecular complexity index is 1620. The molecule has 0 atom stereocenters. The molecular weight excluding hydrogens is 510 g/mol. The van der Waals surface area contributed by atoms with Gasteiger partial charge in [-0.05, 0) is 47.3 Å². The van der Waals surface area contributed by atoms with Gasteiger partial charge in [0.1, 0.15) is 24.0 Å². The van der Waals surface area contributed by atoms with Crippen molar-refractivity contribution >= 4 is 44.5 Å². The molecule has 3 aromatic heterocycles. The number of thiophene rings is 1. The van der Waals surface area contributed by atoms with Gasteiger partial charge in [-0.3, -0.25) is 9.59 Å². The summed E-state index contributed by atoms with van der Waals surface area (Å²) in [5.74, 6) is -0.589. The third-order valence-corrected chi connectivity index (χ3v) is 6.75. The Labute approximate surface area is 219 Å². The summed E-state index contributed by atoms with van der Waals surface area (Å²) in [5.41, 5.74) is 1.54. The Morgan fingerprint density at radius 1 is 1.03 bits per heavy atom. The van der Waals surface area contributed by atoms with Gasteiger partial charge in [-0.2, -0.15) is 5.10 Å². The molecule has 4 N–H and O–H groups in total. The standard InChI is InChI=1S/C27H22F2N6O2S/c28-9-10-30-14-16-5-8-24(31-15-16)32-21-13-25(36)34-35-26(21)18-6-7-19(29)20(11-18)33-27(37)23-12-17-3-1-2-4-22(17)38-23/h1-8,11-13,15,30H,9-10,14H2,(H,33,37)(H2,31,32,34,36). The van der Waals surface area contributed by atoms with Crippen molar-refractivity contribution in [2.75, 3.05) is 23.9 Å². The predicted molar refractivity (Wildman–Crippen MR) is 145 cm³/mol. The van der Waals surface area contributed by atoms with Crippen LogP contribution in [-0.2, 0) is 6.54 Å². The molecule has 0 fully saturated rings. The lowest BCUT2D eigenvalue weighted by Crippen LogP contribution is -2.16. The summed E-state index contributed by atoms with van der Waals surface area (Å²) in [5, 5.41) is 16.1. The Morgan fingerprint density at radius 3 is 2.68 bits per heavy atom. The van der Waals surface area contributed by atoms with Crippen molar-refractivity contribution in [3.8, 4) is 11.3 Å². The molecule has 38 heavy (non-hydrogen) atoms. The fraction of sp³-hybridized carbons (Fsp3) is 0.111. The number of nitrogens with one attached hydrogen (secondary N) is 4. The highest BCUT2D eigenvalue weighted by Crippen LogP contribution is 2.31. The highest BCUT2D eigenvalue weighted by atomic mass is 32.1. The van der Waals surface area contributed by atoms with Crippen molar-refractivity contribution in [1.29, 1.82) is 0 Å². The number of fused-ring (bicyclic) bond motifs is 1. The average molecular weight is 533 g/mol. The lowest BCUT2D eigenvalue weighted by molar-refractivity contribution is 0.103. The van der Waals surface area contributed by atoms with E-state index in [1.54, 1.807) is 18.3 Å². The maximum absolute atomic E-state index is 14.7. The van der Waals surface area contributed by atoms with E-state index in [-0.39, 0.29) is 12.2 Å². The molecule has 0 aliphatic carbocycles. The van der Waals surface area contributed by atoms with Crippen molar-refractivity contribution in [3.63, 3.8) is 0 Å². The normalized spacial score (nSPS) is 11.0. The van der Waals surface area contributed by atoms with Crippen molar-refractivity contribution < 1.29 is 13.6 Å². The molecule has 0 saturated heterocycles. The minimum atomic E-state index is -0.610. The molecule has 8 nitrogen and oxygen atoms in total. The van der Waals surface area contributed by atoms with E-state index >= 15 is 0 Å². The molecule has 3 heterocycles. The summed E-state index contributed by atoms with van der Waals surface area (Å²) in [6.07, 6.45) is 1.63. The van der Waals surface area contributed by atoms with Gasteiger partial charge >= 0.3 is 0 Å². The van der Waals surface area contributed by atoms with Gasteiger partial charge in [0.25, 0.3) is 11.5 Å². The van der Waals surface area contributed by atoms with Crippen LogP contribution in [0.1, 0.15) is 15.2 Å². The molecule has 0 radical (unpaired) electrons. The van der Waals surface area contributed by atoms with Gasteiger partial charge in [0, 0.05) is 35.6 Å². The molecule has 0 aliphatic heterocycles. The van der Waals surface area contributed by atoms with Crippen LogP contribution in [0.4, 0.5) is 26.0 Å². The maximum Gasteiger partial charge on any atom is 0.266 e. The zero-order valence-corrected chi connectivity index (χ0v) is 20.7. The number of hydrogen-bond donors (Lipinski definition) is 4. The van der Waals surface area contributed by atoms with Crippen molar-refractivity contribution in [2.45, 2.75) is 6.54 Å². The van der Waals surface area contributed by atoms with E-state index in [4.69, 9.17) is 0 Å². The lowest BCUT2D eigenvalue weighted by Gasteiger charge is -2.12. The van der Waals surface area contributed by atoms with Crippen LogP contribution in [0.15, 0.2) is 77.7 Å². The second kappa shape index (κ2) is 11.3. The van der Waals surface area contributed by atoms with Crippen LogP contribution in [0.25, 0.3) is 21.3 Å². The molecule has 1 amide bonds. The zero-order valence-electron chi connectivity index (χ0n) is 19.9. The highest BCUT2D eigenvalue weighted by molar-refractivity contribution is 7.20. The van der Waals surface area contributed by atoms with Crippen LogP contribution in [-0.4, -0.2) is 34.3 Å². The van der Waals surface area contributed by atoms with Gasteiger partial charge in [-0.15, -0.1) is 11.3 Å². The quantitative estimate of drug-likeness (QED) is 0.193. The van der Waals surface area contributed by atoms with E-state index in [2.05, 4.69) is 31.1 Å². The predicted octanol–water partition coefficient (Wildman–Crippen LogP) is 5.24. The summed E-state index contributed by atoms with van der Waals surface area (Å²) < 4.78 is 27.9. The Kier molecular flexibility index (Phi) is 7.47. The molecule has 2 aromatic carbocycles. The number of anilines is 3. The summed E-state index contributed by atoms with van der Waals surface area (Å²) in [7, 11) is 0. The Morgan fingerprint density at radius 2 is 1.89 bits per heavy atom. The largest absolute Gasteiger partial charge is 0.338 e. The molecular formula is C27H22F2N6O2S. The first-order valence-electron chi connectivity index (χ1n) is 11.7. The topological polar surface area (TPSA) is 112 Å². The Balaban J connectivity index is 1.39. The molecule has 0 aliphatic rings. The van der Waals surface area contributed by atoms with Gasteiger partial charge < -0.3 is 16.0 Å². The number of carbonyl (C=O) groups excluding carboxylic acids is 1.